The van der Waals surface area contributed by atoms with E-state index in [-0.39, 0.29) is 11.8 Å². The van der Waals surface area contributed by atoms with Gasteiger partial charge in [0.2, 0.25) is 5.91 Å². The van der Waals surface area contributed by atoms with Gasteiger partial charge in [-0.05, 0) is 69.6 Å². The Kier molecular flexibility index (Phi) is 11.0. The highest BCUT2D eigenvalue weighted by Gasteiger charge is 2.30. The van der Waals surface area contributed by atoms with Crippen LogP contribution in [0.3, 0.4) is 0 Å². The minimum Gasteiger partial charge on any atom is -0.494 e. The van der Waals surface area contributed by atoms with Crippen molar-refractivity contribution in [2.24, 2.45) is 11.8 Å². The zero-order valence-corrected chi connectivity index (χ0v) is 26.7. The second-order valence-electron chi connectivity index (χ2n) is 12.7. The summed E-state index contributed by atoms with van der Waals surface area (Å²) in [6, 6.07) is 7.76. The van der Waals surface area contributed by atoms with E-state index in [2.05, 4.69) is 41.1 Å². The van der Waals surface area contributed by atoms with Gasteiger partial charge in [0, 0.05) is 37.7 Å². The first-order chi connectivity index (χ1) is 20.0. The Morgan fingerprint density at radius 1 is 1.12 bits per heavy atom. The molecule has 232 valence electrons. The molecule has 1 N–H and O–H groups in total. The highest BCUT2D eigenvalue weighted by Crippen LogP contribution is 2.30. The predicted octanol–water partition coefficient (Wildman–Crippen LogP) is 5.48. The molecule has 2 saturated heterocycles. The van der Waals surface area contributed by atoms with E-state index in [1.165, 1.54) is 0 Å². The van der Waals surface area contributed by atoms with Crippen molar-refractivity contribution < 1.29 is 23.6 Å². The molecule has 2 aliphatic heterocycles. The third-order valence-electron chi connectivity index (χ3n) is 7.82. The second-order valence-corrected chi connectivity index (χ2v) is 13.8. The predicted molar refractivity (Wildman–Crippen MR) is 165 cm³/mol. The SMILES string of the molecule is CC(C)c1noc(N2CCC(C(C)CCOc3ccc(CC(NC(=O)OC(C)(C)C)C(=O)N4CCSC4)cc3)CC2)n1. The molecule has 0 aliphatic carbocycles. The van der Waals surface area contributed by atoms with Crippen LogP contribution in [0.25, 0.3) is 0 Å². The summed E-state index contributed by atoms with van der Waals surface area (Å²) in [6.07, 6.45) is 2.99. The molecule has 10 nitrogen and oxygen atoms in total. The van der Waals surface area contributed by atoms with Crippen molar-refractivity contribution in [3.63, 3.8) is 0 Å². The third kappa shape index (κ3) is 9.28. The van der Waals surface area contributed by atoms with Gasteiger partial charge in [0.1, 0.15) is 17.4 Å². The van der Waals surface area contributed by atoms with E-state index in [0.29, 0.717) is 43.3 Å². The Bertz CT molecular complexity index is 1150. The Morgan fingerprint density at radius 3 is 2.43 bits per heavy atom. The molecule has 1 aromatic heterocycles. The van der Waals surface area contributed by atoms with Gasteiger partial charge in [-0.2, -0.15) is 4.98 Å². The maximum Gasteiger partial charge on any atom is 0.408 e. The van der Waals surface area contributed by atoms with Crippen molar-refractivity contribution in [1.82, 2.24) is 20.4 Å². The number of rotatable bonds is 11. The van der Waals surface area contributed by atoms with Crippen LogP contribution in [0.5, 0.6) is 5.75 Å². The molecule has 11 heteroatoms. The van der Waals surface area contributed by atoms with Gasteiger partial charge in [-0.15, -0.1) is 11.8 Å². The molecular formula is C31H47N5O5S. The number of amides is 2. The summed E-state index contributed by atoms with van der Waals surface area (Å²) in [5.74, 6) is 4.49. The van der Waals surface area contributed by atoms with Crippen LogP contribution in [-0.4, -0.2) is 76.6 Å². The van der Waals surface area contributed by atoms with Crippen molar-refractivity contribution in [2.75, 3.05) is 42.8 Å². The Labute approximate surface area is 254 Å². The molecule has 4 rings (SSSR count). The lowest BCUT2D eigenvalue weighted by atomic mass is 9.84. The first kappa shape index (κ1) is 32.0. The number of nitrogens with zero attached hydrogens (tertiary/aromatic N) is 4. The molecule has 42 heavy (non-hydrogen) atoms. The Hall–Kier alpha value is -2.95. The second kappa shape index (κ2) is 14.5. The molecule has 0 radical (unpaired) electrons. The Morgan fingerprint density at radius 2 is 1.83 bits per heavy atom. The molecule has 2 unspecified atom stereocenters. The number of hydrogen-bond donors (Lipinski definition) is 1. The monoisotopic (exact) mass is 601 g/mol. The molecule has 1 aromatic carbocycles. The van der Waals surface area contributed by atoms with Gasteiger partial charge in [-0.3, -0.25) is 4.79 Å². The Balaban J connectivity index is 1.23. The smallest absolute Gasteiger partial charge is 0.408 e. The number of carbonyl (C=O) groups is 2. The highest BCUT2D eigenvalue weighted by atomic mass is 32.2. The first-order valence-corrected chi connectivity index (χ1v) is 16.3. The van der Waals surface area contributed by atoms with Gasteiger partial charge in [-0.1, -0.05) is 38.1 Å². The number of nitrogens with one attached hydrogen (secondary N) is 1. The summed E-state index contributed by atoms with van der Waals surface area (Å²) < 4.78 is 17.0. The molecular weight excluding hydrogens is 554 g/mol. The third-order valence-corrected chi connectivity index (χ3v) is 8.79. The number of carbonyl (C=O) groups excluding carboxylic acids is 2. The molecule has 2 amide bonds. The maximum absolute atomic E-state index is 13.2. The summed E-state index contributed by atoms with van der Waals surface area (Å²) >= 11 is 1.72. The summed E-state index contributed by atoms with van der Waals surface area (Å²) in [4.78, 5) is 34.2. The number of ether oxygens (including phenoxy) is 2. The van der Waals surface area contributed by atoms with Crippen LogP contribution in [-0.2, 0) is 16.0 Å². The number of alkyl carbamates (subject to hydrolysis) is 1. The van der Waals surface area contributed by atoms with Gasteiger partial charge in [0.25, 0.3) is 0 Å². The van der Waals surface area contributed by atoms with Crippen molar-refractivity contribution in [1.29, 1.82) is 0 Å². The van der Waals surface area contributed by atoms with Crippen molar-refractivity contribution in [2.45, 2.75) is 84.8 Å². The van der Waals surface area contributed by atoms with Crippen LogP contribution in [0.15, 0.2) is 28.8 Å². The van der Waals surface area contributed by atoms with E-state index in [4.69, 9.17) is 14.0 Å². The van der Waals surface area contributed by atoms with Crippen LogP contribution in [0.4, 0.5) is 10.8 Å². The van der Waals surface area contributed by atoms with Crippen LogP contribution >= 0.6 is 11.8 Å². The maximum atomic E-state index is 13.2. The van der Waals surface area contributed by atoms with E-state index in [1.54, 1.807) is 16.7 Å². The highest BCUT2D eigenvalue weighted by molar-refractivity contribution is 7.99. The van der Waals surface area contributed by atoms with Gasteiger partial charge in [0.15, 0.2) is 5.82 Å². The fourth-order valence-corrected chi connectivity index (χ4v) is 6.22. The number of thioether (sulfide) groups is 1. The standard InChI is InChI=1S/C31H47N5O5S/c1-21(2)27-33-29(41-34-27)35-14-11-24(12-15-35)22(3)13-17-39-25-9-7-23(8-10-25)19-26(28(37)36-16-18-42-20-36)32-30(38)40-31(4,5)6/h7-10,21-22,24,26H,11-20H2,1-6H3,(H,32,38). The molecule has 0 spiro atoms. The summed E-state index contributed by atoms with van der Waals surface area (Å²) in [5, 5.41) is 6.90. The lowest BCUT2D eigenvalue weighted by Gasteiger charge is -2.33. The zero-order valence-electron chi connectivity index (χ0n) is 25.9. The minimum atomic E-state index is -0.685. The van der Waals surface area contributed by atoms with Crippen LogP contribution < -0.4 is 15.0 Å². The normalized spacial score (nSPS) is 17.8. The molecule has 2 aromatic rings. The molecule has 2 atom stereocenters. The van der Waals surface area contributed by atoms with Crippen LogP contribution in [0.2, 0.25) is 0 Å². The van der Waals surface area contributed by atoms with Gasteiger partial charge in [-0.25, -0.2) is 4.79 Å². The summed E-state index contributed by atoms with van der Waals surface area (Å²) in [7, 11) is 0. The first-order valence-electron chi connectivity index (χ1n) is 15.1. The molecule has 2 aliphatic rings. The van der Waals surface area contributed by atoms with Gasteiger partial charge in [0.05, 0.1) is 12.5 Å². The molecule has 0 bridgehead atoms. The van der Waals surface area contributed by atoms with Crippen molar-refractivity contribution >= 4 is 29.8 Å². The molecule has 2 fully saturated rings. The largest absolute Gasteiger partial charge is 0.494 e. The number of aromatic nitrogens is 2. The lowest BCUT2D eigenvalue weighted by Crippen LogP contribution is -2.50. The van der Waals surface area contributed by atoms with E-state index in [1.807, 2.05) is 45.0 Å². The number of benzene rings is 1. The molecule has 0 saturated carbocycles. The fraction of sp³-hybridized carbons (Fsp3) is 0.677. The van der Waals surface area contributed by atoms with Gasteiger partial charge < -0.3 is 29.1 Å². The average Bonchev–Trinajstić information content (AvgIpc) is 3.65. The fourth-order valence-electron chi connectivity index (χ4n) is 5.26. The topological polar surface area (TPSA) is 110 Å². The summed E-state index contributed by atoms with van der Waals surface area (Å²) in [6.45, 7) is 15.1. The number of anilines is 1. The average molecular weight is 602 g/mol. The van der Waals surface area contributed by atoms with Crippen molar-refractivity contribution in [3.05, 3.63) is 35.7 Å². The minimum absolute atomic E-state index is 0.0802. The molecule has 3 heterocycles. The van der Waals surface area contributed by atoms with Crippen LogP contribution in [0.1, 0.15) is 78.1 Å². The van der Waals surface area contributed by atoms with Crippen molar-refractivity contribution in [3.8, 4) is 5.75 Å². The summed E-state index contributed by atoms with van der Waals surface area (Å²) in [5.41, 5.74) is 0.312. The van der Waals surface area contributed by atoms with E-state index < -0.39 is 17.7 Å². The van der Waals surface area contributed by atoms with E-state index >= 15 is 0 Å². The lowest BCUT2D eigenvalue weighted by molar-refractivity contribution is -0.132. The van der Waals surface area contributed by atoms with E-state index in [0.717, 1.165) is 55.2 Å². The van der Waals surface area contributed by atoms with Gasteiger partial charge >= 0.3 is 12.1 Å². The van der Waals surface area contributed by atoms with Crippen LogP contribution in [0, 0.1) is 11.8 Å². The zero-order chi connectivity index (χ0) is 30.3. The van der Waals surface area contributed by atoms with E-state index in [9.17, 15) is 9.59 Å². The number of hydrogen-bond acceptors (Lipinski definition) is 9. The quantitative estimate of drug-likeness (QED) is 0.358. The number of piperidine rings is 1.